The molecule has 2 aromatic carbocycles. The van der Waals surface area contributed by atoms with Crippen molar-refractivity contribution in [2.24, 2.45) is 5.92 Å². The van der Waals surface area contributed by atoms with E-state index in [0.29, 0.717) is 17.6 Å². The van der Waals surface area contributed by atoms with Gasteiger partial charge in [-0.25, -0.2) is 4.39 Å². The SMILES string of the molecule is O=C(O)[C@H]1[C@@H]2Oc3cc(OCc4ccc(C(F)(F)F)cc4F)ccc3[C@@H]21. The van der Waals surface area contributed by atoms with Crippen LogP contribution < -0.4 is 9.47 Å². The predicted octanol–water partition coefficient (Wildman–Crippen LogP) is 3.98. The van der Waals surface area contributed by atoms with Crippen LogP contribution in [0.1, 0.15) is 22.6 Å². The molecule has 0 saturated heterocycles. The number of rotatable bonds is 4. The van der Waals surface area contributed by atoms with Gasteiger partial charge >= 0.3 is 12.1 Å². The molecule has 1 N–H and O–H groups in total. The normalized spacial score (nSPS) is 23.0. The van der Waals surface area contributed by atoms with Crippen LogP contribution in [0.2, 0.25) is 0 Å². The van der Waals surface area contributed by atoms with E-state index in [4.69, 9.17) is 14.6 Å². The number of hydrogen-bond donors (Lipinski definition) is 1. The fraction of sp³-hybridized carbons (Fsp3) is 0.278. The highest BCUT2D eigenvalue weighted by molar-refractivity contribution is 5.79. The van der Waals surface area contributed by atoms with Gasteiger partial charge in [-0.05, 0) is 18.2 Å². The molecule has 2 aliphatic rings. The lowest BCUT2D eigenvalue weighted by Crippen LogP contribution is -2.08. The monoisotopic (exact) mass is 368 g/mol. The summed E-state index contributed by atoms with van der Waals surface area (Å²) in [4.78, 5) is 11.0. The van der Waals surface area contributed by atoms with Crippen molar-refractivity contribution in [3.05, 3.63) is 58.9 Å². The molecule has 0 aromatic heterocycles. The van der Waals surface area contributed by atoms with E-state index in [1.165, 1.54) is 0 Å². The molecule has 1 fully saturated rings. The molecule has 4 rings (SSSR count). The number of carboxylic acid groups (broad SMARTS) is 1. The van der Waals surface area contributed by atoms with E-state index in [1.807, 2.05) is 0 Å². The summed E-state index contributed by atoms with van der Waals surface area (Å²) < 4.78 is 62.4. The van der Waals surface area contributed by atoms with E-state index >= 15 is 0 Å². The highest BCUT2D eigenvalue weighted by Crippen LogP contribution is 2.58. The van der Waals surface area contributed by atoms with E-state index in [9.17, 15) is 22.4 Å². The van der Waals surface area contributed by atoms with Crippen LogP contribution >= 0.6 is 0 Å². The third-order valence-corrected chi connectivity index (χ3v) is 4.62. The Morgan fingerprint density at radius 2 is 1.96 bits per heavy atom. The molecule has 1 aliphatic heterocycles. The molecule has 3 atom stereocenters. The third-order valence-electron chi connectivity index (χ3n) is 4.62. The fourth-order valence-electron chi connectivity index (χ4n) is 3.22. The summed E-state index contributed by atoms with van der Waals surface area (Å²) in [6.07, 6.45) is -4.98. The first kappa shape index (κ1) is 16.7. The Hall–Kier alpha value is -2.77. The number of hydrogen-bond acceptors (Lipinski definition) is 3. The van der Waals surface area contributed by atoms with E-state index in [1.54, 1.807) is 18.2 Å². The molecule has 0 spiro atoms. The molecule has 8 heteroatoms. The van der Waals surface area contributed by atoms with Crippen LogP contribution in [0, 0.1) is 11.7 Å². The number of fused-ring (bicyclic) bond motifs is 3. The Morgan fingerprint density at radius 1 is 1.19 bits per heavy atom. The number of alkyl halides is 3. The average Bonchev–Trinajstić information content (AvgIpc) is 3.16. The molecule has 0 bridgehead atoms. The molecular weight excluding hydrogens is 356 g/mol. The van der Waals surface area contributed by atoms with Gasteiger partial charge < -0.3 is 14.6 Å². The summed E-state index contributed by atoms with van der Waals surface area (Å²) in [5, 5.41) is 9.03. The lowest BCUT2D eigenvalue weighted by atomic mass is 10.1. The Balaban J connectivity index is 1.45. The summed E-state index contributed by atoms with van der Waals surface area (Å²) in [5.74, 6) is -1.72. The fourth-order valence-corrected chi connectivity index (χ4v) is 3.22. The van der Waals surface area contributed by atoms with Crippen molar-refractivity contribution < 1.29 is 36.9 Å². The van der Waals surface area contributed by atoms with Gasteiger partial charge in [-0.1, -0.05) is 12.1 Å². The topological polar surface area (TPSA) is 55.8 Å². The van der Waals surface area contributed by atoms with Gasteiger partial charge in [-0.2, -0.15) is 13.2 Å². The van der Waals surface area contributed by atoms with Gasteiger partial charge in [0.15, 0.2) is 0 Å². The van der Waals surface area contributed by atoms with Crippen molar-refractivity contribution in [2.45, 2.75) is 24.8 Å². The number of halogens is 4. The minimum atomic E-state index is -4.60. The Kier molecular flexibility index (Phi) is 3.61. The summed E-state index contributed by atoms with van der Waals surface area (Å²) in [7, 11) is 0. The van der Waals surface area contributed by atoms with Gasteiger partial charge in [0.2, 0.25) is 0 Å². The molecule has 1 saturated carbocycles. The minimum Gasteiger partial charge on any atom is -0.489 e. The number of aliphatic carboxylic acids is 1. The average molecular weight is 368 g/mol. The van der Waals surface area contributed by atoms with Crippen LogP contribution in [0.4, 0.5) is 17.6 Å². The molecule has 4 nitrogen and oxygen atoms in total. The largest absolute Gasteiger partial charge is 0.489 e. The van der Waals surface area contributed by atoms with Gasteiger partial charge in [0.25, 0.3) is 0 Å². The van der Waals surface area contributed by atoms with Crippen molar-refractivity contribution in [2.75, 3.05) is 0 Å². The Morgan fingerprint density at radius 3 is 2.62 bits per heavy atom. The molecule has 0 unspecified atom stereocenters. The summed E-state index contributed by atoms with van der Waals surface area (Å²) >= 11 is 0. The second-order valence-electron chi connectivity index (χ2n) is 6.26. The molecule has 0 amide bonds. The van der Waals surface area contributed by atoms with Crippen LogP contribution in [0.3, 0.4) is 0 Å². The zero-order chi connectivity index (χ0) is 18.6. The zero-order valence-corrected chi connectivity index (χ0v) is 13.1. The number of benzene rings is 2. The summed E-state index contributed by atoms with van der Waals surface area (Å²) in [5.41, 5.74) is -0.277. The Labute approximate surface area is 145 Å². The zero-order valence-electron chi connectivity index (χ0n) is 13.1. The van der Waals surface area contributed by atoms with Gasteiger partial charge in [0.05, 0.1) is 5.56 Å². The van der Waals surface area contributed by atoms with E-state index < -0.39 is 29.4 Å². The maximum Gasteiger partial charge on any atom is 0.416 e. The van der Waals surface area contributed by atoms with Crippen molar-refractivity contribution in [3.63, 3.8) is 0 Å². The summed E-state index contributed by atoms with van der Waals surface area (Å²) in [6, 6.07) is 7.14. The van der Waals surface area contributed by atoms with E-state index in [0.717, 1.165) is 17.7 Å². The Bertz CT molecular complexity index is 893. The lowest BCUT2D eigenvalue weighted by Gasteiger charge is -2.12. The van der Waals surface area contributed by atoms with Crippen LogP contribution in [-0.4, -0.2) is 17.2 Å². The highest BCUT2D eigenvalue weighted by atomic mass is 19.4. The van der Waals surface area contributed by atoms with Gasteiger partial charge in [-0.3, -0.25) is 4.79 Å². The van der Waals surface area contributed by atoms with E-state index in [-0.39, 0.29) is 24.2 Å². The van der Waals surface area contributed by atoms with E-state index in [2.05, 4.69) is 0 Å². The van der Waals surface area contributed by atoms with Crippen molar-refractivity contribution in [1.29, 1.82) is 0 Å². The highest BCUT2D eigenvalue weighted by Gasteiger charge is 2.63. The van der Waals surface area contributed by atoms with Crippen LogP contribution in [-0.2, 0) is 17.6 Å². The molecule has 26 heavy (non-hydrogen) atoms. The van der Waals surface area contributed by atoms with Crippen molar-refractivity contribution in [3.8, 4) is 11.5 Å². The maximum absolute atomic E-state index is 13.8. The molecule has 2 aromatic rings. The number of ether oxygens (including phenoxy) is 2. The standard InChI is InChI=1S/C18H12F4O4/c19-12-5-9(18(20,21)22)2-1-8(12)7-25-10-3-4-11-13(6-10)26-16-14(11)15(16)17(23)24/h1-6,14-16H,7H2,(H,23,24)/t14-,15-,16-/m1/s1. The smallest absolute Gasteiger partial charge is 0.416 e. The van der Waals surface area contributed by atoms with Crippen LogP contribution in [0.25, 0.3) is 0 Å². The van der Waals surface area contributed by atoms with Crippen LogP contribution in [0.15, 0.2) is 36.4 Å². The van der Waals surface area contributed by atoms with Gasteiger partial charge in [-0.15, -0.1) is 0 Å². The minimum absolute atomic E-state index is 0.00629. The predicted molar refractivity (Wildman–Crippen MR) is 80.5 cm³/mol. The lowest BCUT2D eigenvalue weighted by molar-refractivity contribution is -0.139. The molecule has 136 valence electrons. The van der Waals surface area contributed by atoms with Crippen molar-refractivity contribution >= 4 is 5.97 Å². The second kappa shape index (κ2) is 5.62. The van der Waals surface area contributed by atoms with Gasteiger partial charge in [0.1, 0.15) is 35.9 Å². The van der Waals surface area contributed by atoms with Crippen LogP contribution in [0.5, 0.6) is 11.5 Å². The second-order valence-corrected chi connectivity index (χ2v) is 6.26. The first-order valence-corrected chi connectivity index (χ1v) is 7.77. The molecule has 1 aliphatic carbocycles. The number of carboxylic acids is 1. The quantitative estimate of drug-likeness (QED) is 0.830. The van der Waals surface area contributed by atoms with Gasteiger partial charge in [0, 0.05) is 23.1 Å². The number of carbonyl (C=O) groups is 1. The summed E-state index contributed by atoms with van der Waals surface area (Å²) in [6.45, 7) is -0.243. The van der Waals surface area contributed by atoms with Crippen molar-refractivity contribution in [1.82, 2.24) is 0 Å². The first-order valence-electron chi connectivity index (χ1n) is 7.77. The molecule has 0 radical (unpaired) electrons. The first-order chi connectivity index (χ1) is 12.3. The third kappa shape index (κ3) is 2.75. The molecular formula is C18H12F4O4. The molecule has 1 heterocycles. The maximum atomic E-state index is 13.8.